The molecule has 1 atom stereocenters. The maximum Gasteiger partial charge on any atom is 0.269 e. The smallest absolute Gasteiger partial charge is 0.269 e. The molecule has 0 aliphatic heterocycles. The van der Waals surface area contributed by atoms with Gasteiger partial charge in [-0.15, -0.1) is 11.3 Å². The summed E-state index contributed by atoms with van der Waals surface area (Å²) in [5, 5.41) is 17.8. The van der Waals surface area contributed by atoms with Crippen molar-refractivity contribution in [3.05, 3.63) is 56.8 Å². The van der Waals surface area contributed by atoms with Crippen molar-refractivity contribution in [2.75, 3.05) is 5.32 Å². The summed E-state index contributed by atoms with van der Waals surface area (Å²) in [5.41, 5.74) is 0.391. The summed E-state index contributed by atoms with van der Waals surface area (Å²) in [4.78, 5) is 22.7. The van der Waals surface area contributed by atoms with Crippen molar-refractivity contribution in [3.8, 4) is 0 Å². The largest absolute Gasteiger partial charge is 0.362 e. The Morgan fingerprint density at radius 3 is 2.35 bits per heavy atom. The van der Waals surface area contributed by atoms with E-state index in [9.17, 15) is 14.9 Å². The molecule has 0 radical (unpaired) electrons. The van der Waals surface area contributed by atoms with Crippen LogP contribution in [0.5, 0.6) is 0 Å². The van der Waals surface area contributed by atoms with Crippen LogP contribution in [-0.2, 0) is 0 Å². The number of alkyl halides is 3. The number of hydrogen-bond acceptors (Lipinski definition) is 5. The molecule has 0 bridgehead atoms. The number of nitro groups is 1. The quantitative estimate of drug-likeness (QED) is 0.344. The lowest BCUT2D eigenvalue weighted by Crippen LogP contribution is -2.48. The molecular weight excluding hydrogens is 385 g/mol. The Bertz CT molecular complexity index is 687. The number of halogens is 3. The van der Waals surface area contributed by atoms with E-state index in [0.29, 0.717) is 10.6 Å². The third-order valence-electron chi connectivity index (χ3n) is 2.74. The first-order valence-electron chi connectivity index (χ1n) is 6.19. The summed E-state index contributed by atoms with van der Waals surface area (Å²) in [7, 11) is 0. The molecule has 10 heteroatoms. The van der Waals surface area contributed by atoms with Gasteiger partial charge in [0.05, 0.1) is 9.80 Å². The van der Waals surface area contributed by atoms with Gasteiger partial charge in [-0.25, -0.2) is 0 Å². The minimum atomic E-state index is -1.82. The summed E-state index contributed by atoms with van der Waals surface area (Å²) in [6.45, 7) is 0. The Balaban J connectivity index is 2.13. The topological polar surface area (TPSA) is 84.3 Å². The van der Waals surface area contributed by atoms with E-state index in [1.807, 2.05) is 0 Å². The summed E-state index contributed by atoms with van der Waals surface area (Å²) >= 11 is 18.9. The molecule has 0 aliphatic rings. The second-order valence-corrected chi connectivity index (χ2v) is 7.69. The van der Waals surface area contributed by atoms with Crippen LogP contribution in [0.1, 0.15) is 9.67 Å². The third-order valence-corrected chi connectivity index (χ3v) is 4.26. The maximum atomic E-state index is 12.1. The van der Waals surface area contributed by atoms with Crippen molar-refractivity contribution in [2.24, 2.45) is 0 Å². The molecule has 1 aromatic carbocycles. The fraction of sp³-hybridized carbons (Fsp3) is 0.154. The van der Waals surface area contributed by atoms with Gasteiger partial charge in [0.25, 0.3) is 11.6 Å². The molecule has 23 heavy (non-hydrogen) atoms. The molecule has 1 heterocycles. The molecule has 6 nitrogen and oxygen atoms in total. The van der Waals surface area contributed by atoms with E-state index in [2.05, 4.69) is 10.6 Å². The molecule has 0 spiro atoms. The molecule has 0 aliphatic carbocycles. The van der Waals surface area contributed by atoms with Gasteiger partial charge in [0.15, 0.2) is 0 Å². The zero-order valence-corrected chi connectivity index (χ0v) is 14.4. The summed E-state index contributed by atoms with van der Waals surface area (Å²) < 4.78 is -1.82. The van der Waals surface area contributed by atoms with Crippen molar-refractivity contribution < 1.29 is 9.72 Å². The molecule has 2 rings (SSSR count). The number of amides is 1. The Morgan fingerprint density at radius 2 is 1.87 bits per heavy atom. The lowest BCUT2D eigenvalue weighted by Gasteiger charge is -2.27. The van der Waals surface area contributed by atoms with Gasteiger partial charge in [0, 0.05) is 17.8 Å². The van der Waals surface area contributed by atoms with Crippen LogP contribution in [0.2, 0.25) is 0 Å². The van der Waals surface area contributed by atoms with Crippen LogP contribution in [0.4, 0.5) is 11.4 Å². The monoisotopic (exact) mass is 393 g/mol. The number of hydrogen-bond donors (Lipinski definition) is 2. The molecule has 0 saturated carbocycles. The van der Waals surface area contributed by atoms with Crippen molar-refractivity contribution in [2.45, 2.75) is 9.96 Å². The standard InChI is InChI=1S/C13H10Cl3N3O3S/c14-13(15,16)12(18-11(20)10-2-1-7-23-10)17-8-3-5-9(6-4-8)19(21)22/h1-7,12,17H,(H,18,20). The van der Waals surface area contributed by atoms with Gasteiger partial charge in [0.1, 0.15) is 6.17 Å². The van der Waals surface area contributed by atoms with Crippen LogP contribution >= 0.6 is 46.1 Å². The Hall–Kier alpha value is -1.54. The number of nitro benzene ring substituents is 1. The summed E-state index contributed by atoms with van der Waals surface area (Å²) in [6, 6.07) is 8.89. The Labute approximate surface area is 150 Å². The molecule has 0 fully saturated rings. The minimum Gasteiger partial charge on any atom is -0.362 e. The van der Waals surface area contributed by atoms with E-state index in [4.69, 9.17) is 34.8 Å². The van der Waals surface area contributed by atoms with E-state index in [-0.39, 0.29) is 5.69 Å². The number of non-ortho nitro benzene ring substituents is 1. The van der Waals surface area contributed by atoms with Crippen LogP contribution in [0.3, 0.4) is 0 Å². The first-order valence-corrected chi connectivity index (χ1v) is 8.21. The normalized spacial score (nSPS) is 12.5. The number of nitrogens with zero attached hydrogens (tertiary/aromatic N) is 1. The molecule has 1 amide bonds. The molecule has 0 saturated heterocycles. The predicted octanol–water partition coefficient (Wildman–Crippen LogP) is 4.19. The molecule has 1 unspecified atom stereocenters. The van der Waals surface area contributed by atoms with Crippen molar-refractivity contribution in [1.29, 1.82) is 0 Å². The molecule has 2 aromatic rings. The first-order chi connectivity index (χ1) is 10.8. The highest BCUT2D eigenvalue weighted by atomic mass is 35.6. The van der Waals surface area contributed by atoms with Crippen LogP contribution in [0.15, 0.2) is 41.8 Å². The minimum absolute atomic E-state index is 0.0661. The maximum absolute atomic E-state index is 12.1. The fourth-order valence-electron chi connectivity index (χ4n) is 1.66. The number of rotatable bonds is 5. The number of anilines is 1. The fourth-order valence-corrected chi connectivity index (χ4v) is 2.61. The average molecular weight is 395 g/mol. The highest BCUT2D eigenvalue weighted by Crippen LogP contribution is 2.31. The second kappa shape index (κ2) is 7.35. The SMILES string of the molecule is O=C(NC(Nc1ccc([N+](=O)[O-])cc1)C(Cl)(Cl)Cl)c1cccs1. The van der Waals surface area contributed by atoms with Gasteiger partial charge in [-0.3, -0.25) is 14.9 Å². The van der Waals surface area contributed by atoms with Crippen LogP contribution in [0, 0.1) is 10.1 Å². The average Bonchev–Trinajstić information content (AvgIpc) is 3.00. The number of carbonyl (C=O) groups excluding carboxylic acids is 1. The van der Waals surface area contributed by atoms with E-state index in [1.165, 1.54) is 35.6 Å². The first kappa shape index (κ1) is 17.8. The highest BCUT2D eigenvalue weighted by molar-refractivity contribution is 7.12. The van der Waals surface area contributed by atoms with E-state index < -0.39 is 20.8 Å². The van der Waals surface area contributed by atoms with Crippen molar-refractivity contribution in [1.82, 2.24) is 5.32 Å². The van der Waals surface area contributed by atoms with E-state index >= 15 is 0 Å². The number of carbonyl (C=O) groups is 1. The lowest BCUT2D eigenvalue weighted by molar-refractivity contribution is -0.384. The van der Waals surface area contributed by atoms with Gasteiger partial charge in [-0.2, -0.15) is 0 Å². The Kier molecular flexibility index (Phi) is 5.69. The van der Waals surface area contributed by atoms with Crippen LogP contribution in [-0.4, -0.2) is 20.8 Å². The van der Waals surface area contributed by atoms with E-state index in [1.54, 1.807) is 17.5 Å². The Morgan fingerprint density at radius 1 is 1.22 bits per heavy atom. The van der Waals surface area contributed by atoms with Gasteiger partial charge in [0.2, 0.25) is 3.79 Å². The van der Waals surface area contributed by atoms with Crippen molar-refractivity contribution >= 4 is 63.4 Å². The van der Waals surface area contributed by atoms with E-state index in [0.717, 1.165) is 0 Å². The van der Waals surface area contributed by atoms with Gasteiger partial charge in [-0.1, -0.05) is 40.9 Å². The van der Waals surface area contributed by atoms with Gasteiger partial charge in [-0.05, 0) is 23.6 Å². The number of thiophene rings is 1. The highest BCUT2D eigenvalue weighted by Gasteiger charge is 2.34. The number of benzene rings is 1. The predicted molar refractivity (Wildman–Crippen MR) is 92.6 cm³/mol. The molecule has 2 N–H and O–H groups in total. The zero-order chi connectivity index (χ0) is 17.0. The summed E-state index contributed by atoms with van der Waals surface area (Å²) in [5.74, 6) is -0.397. The third kappa shape index (κ3) is 4.97. The van der Waals surface area contributed by atoms with Gasteiger partial charge < -0.3 is 10.6 Å². The summed E-state index contributed by atoms with van der Waals surface area (Å²) in [6.07, 6.45) is -1.02. The molecule has 122 valence electrons. The van der Waals surface area contributed by atoms with Crippen LogP contribution in [0.25, 0.3) is 0 Å². The molecular formula is C13H10Cl3N3O3S. The lowest BCUT2D eigenvalue weighted by atomic mass is 10.3. The molecule has 1 aromatic heterocycles. The van der Waals surface area contributed by atoms with Crippen molar-refractivity contribution in [3.63, 3.8) is 0 Å². The second-order valence-electron chi connectivity index (χ2n) is 4.37. The zero-order valence-electron chi connectivity index (χ0n) is 11.3. The van der Waals surface area contributed by atoms with Crippen LogP contribution < -0.4 is 10.6 Å². The number of nitrogens with one attached hydrogen (secondary N) is 2. The van der Waals surface area contributed by atoms with Gasteiger partial charge >= 0.3 is 0 Å².